The van der Waals surface area contributed by atoms with Gasteiger partial charge in [-0.1, -0.05) is 11.3 Å². The van der Waals surface area contributed by atoms with Gasteiger partial charge in [0.25, 0.3) is 5.91 Å². The number of carbonyl (C=O) groups excluding carboxylic acids is 1. The Balaban J connectivity index is 1.38. The van der Waals surface area contributed by atoms with Gasteiger partial charge < -0.3 is 25.0 Å². The molecule has 6 heterocycles. The molecule has 0 aromatic carbocycles. The molecule has 0 aliphatic carbocycles. The number of amides is 1. The van der Waals surface area contributed by atoms with Crippen LogP contribution >= 0.6 is 11.3 Å². The van der Waals surface area contributed by atoms with Gasteiger partial charge in [0.05, 0.1) is 35.9 Å². The fourth-order valence-electron chi connectivity index (χ4n) is 4.18. The maximum Gasteiger partial charge on any atom is 0.261 e. The summed E-state index contributed by atoms with van der Waals surface area (Å²) < 4.78 is 7.89. The molecule has 2 aliphatic rings. The largest absolute Gasteiger partial charge is 0.391 e. The van der Waals surface area contributed by atoms with Crippen LogP contribution in [0.5, 0.6) is 0 Å². The third kappa shape index (κ3) is 3.75. The zero-order chi connectivity index (χ0) is 22.4. The first-order valence-corrected chi connectivity index (χ1v) is 11.6. The van der Waals surface area contributed by atoms with Gasteiger partial charge in [0.2, 0.25) is 0 Å². The molecule has 2 saturated heterocycles. The number of β-amino-alcohol motifs (C(OH)–C–C–N with tert-alkyl or cyclic N) is 1. The first-order chi connectivity index (χ1) is 16.2. The van der Waals surface area contributed by atoms with Crippen LogP contribution in [0.15, 0.2) is 30.7 Å². The number of hydrogen-bond acceptors (Lipinski definition) is 10. The number of carbonyl (C=O) groups is 1. The second-order valence-corrected chi connectivity index (χ2v) is 9.07. The molecule has 1 amide bonds. The number of aliphatic hydroxyl groups is 1. The minimum absolute atomic E-state index is 0.316. The molecule has 4 aromatic rings. The van der Waals surface area contributed by atoms with Crippen molar-refractivity contribution in [2.24, 2.45) is 0 Å². The van der Waals surface area contributed by atoms with Crippen LogP contribution in [-0.4, -0.2) is 81.1 Å². The van der Waals surface area contributed by atoms with E-state index in [4.69, 9.17) is 14.7 Å². The number of aliphatic hydroxyl groups excluding tert-OH is 1. The van der Waals surface area contributed by atoms with Crippen molar-refractivity contribution >= 4 is 49.9 Å². The molecule has 6 rings (SSSR count). The first kappa shape index (κ1) is 20.3. The molecular formula is C21H22N8O3S. The van der Waals surface area contributed by atoms with Gasteiger partial charge in [0.1, 0.15) is 5.56 Å². The topological polar surface area (TPSA) is 121 Å². The highest BCUT2D eigenvalue weighted by atomic mass is 32.1. The predicted molar refractivity (Wildman–Crippen MR) is 124 cm³/mol. The third-order valence-electron chi connectivity index (χ3n) is 5.87. The highest BCUT2D eigenvalue weighted by Crippen LogP contribution is 2.36. The van der Waals surface area contributed by atoms with Crippen molar-refractivity contribution in [2.75, 3.05) is 54.5 Å². The van der Waals surface area contributed by atoms with Crippen molar-refractivity contribution in [3.63, 3.8) is 0 Å². The number of aromatic nitrogens is 5. The van der Waals surface area contributed by atoms with Gasteiger partial charge in [0.15, 0.2) is 22.2 Å². The monoisotopic (exact) mass is 466 g/mol. The van der Waals surface area contributed by atoms with E-state index >= 15 is 0 Å². The molecule has 0 radical (unpaired) electrons. The average Bonchev–Trinajstić information content (AvgIpc) is 3.56. The molecule has 0 unspecified atom stereocenters. The van der Waals surface area contributed by atoms with Crippen molar-refractivity contribution in [3.05, 3.63) is 36.3 Å². The summed E-state index contributed by atoms with van der Waals surface area (Å²) in [5.74, 6) is 0.291. The van der Waals surface area contributed by atoms with Crippen LogP contribution in [0, 0.1) is 0 Å². The van der Waals surface area contributed by atoms with Gasteiger partial charge in [-0.2, -0.15) is 10.1 Å². The lowest BCUT2D eigenvalue weighted by Gasteiger charge is -2.25. The second kappa shape index (κ2) is 8.21. The fraction of sp³-hybridized carbons (Fsp3) is 0.381. The van der Waals surface area contributed by atoms with E-state index in [0.717, 1.165) is 22.9 Å². The Hall–Kier alpha value is -3.35. The summed E-state index contributed by atoms with van der Waals surface area (Å²) in [6.45, 7) is 4.04. The molecule has 170 valence electrons. The van der Waals surface area contributed by atoms with Gasteiger partial charge >= 0.3 is 0 Å². The van der Waals surface area contributed by atoms with Crippen LogP contribution < -0.4 is 15.1 Å². The molecule has 4 aromatic heterocycles. The molecule has 11 nitrogen and oxygen atoms in total. The summed E-state index contributed by atoms with van der Waals surface area (Å²) in [5.41, 5.74) is 2.07. The molecule has 0 spiro atoms. The van der Waals surface area contributed by atoms with Gasteiger partial charge in [0, 0.05) is 38.6 Å². The standard InChI is InChI=1S/C21H22N8O3S/c30-13-2-5-28(12-13)19-15(24-20(31)14-11-23-29-4-1-3-22-18(14)29)10-16-17(25-19)26-21(33-16)27-6-8-32-9-7-27/h1,3-4,10-11,13,30H,2,5-9,12H2,(H,24,31)/t13-/m1/s1. The van der Waals surface area contributed by atoms with E-state index in [1.54, 1.807) is 34.3 Å². The lowest BCUT2D eigenvalue weighted by atomic mass is 10.3. The van der Waals surface area contributed by atoms with Crippen molar-refractivity contribution in [1.29, 1.82) is 0 Å². The number of anilines is 3. The highest BCUT2D eigenvalue weighted by molar-refractivity contribution is 7.22. The summed E-state index contributed by atoms with van der Waals surface area (Å²) in [6, 6.07) is 3.67. The normalized spacial score (nSPS) is 19.0. The lowest BCUT2D eigenvalue weighted by molar-refractivity contribution is 0.102. The van der Waals surface area contributed by atoms with Crippen LogP contribution in [0.1, 0.15) is 16.8 Å². The first-order valence-electron chi connectivity index (χ1n) is 10.8. The molecule has 0 bridgehead atoms. The maximum absolute atomic E-state index is 13.2. The van der Waals surface area contributed by atoms with Crippen LogP contribution in [0.4, 0.5) is 16.6 Å². The number of morpholine rings is 1. The van der Waals surface area contributed by atoms with Crippen molar-refractivity contribution in [2.45, 2.75) is 12.5 Å². The van der Waals surface area contributed by atoms with Gasteiger partial charge in [-0.15, -0.1) is 0 Å². The fourth-order valence-corrected chi connectivity index (χ4v) is 5.18. The highest BCUT2D eigenvalue weighted by Gasteiger charge is 2.27. The number of nitrogens with zero attached hydrogens (tertiary/aromatic N) is 7. The third-order valence-corrected chi connectivity index (χ3v) is 6.92. The van der Waals surface area contributed by atoms with Gasteiger partial charge in [-0.3, -0.25) is 4.79 Å². The summed E-state index contributed by atoms with van der Waals surface area (Å²) >= 11 is 1.55. The maximum atomic E-state index is 13.2. The van der Waals surface area contributed by atoms with E-state index in [-0.39, 0.29) is 5.91 Å². The Bertz CT molecular complexity index is 1330. The van der Waals surface area contributed by atoms with E-state index in [0.29, 0.717) is 61.1 Å². The smallest absolute Gasteiger partial charge is 0.261 e. The molecule has 1 atom stereocenters. The van der Waals surface area contributed by atoms with Crippen molar-refractivity contribution in [3.8, 4) is 0 Å². The summed E-state index contributed by atoms with van der Waals surface area (Å²) in [5, 5.41) is 18.2. The molecule has 12 heteroatoms. The summed E-state index contributed by atoms with van der Waals surface area (Å²) in [6.07, 6.45) is 5.11. The zero-order valence-electron chi connectivity index (χ0n) is 17.7. The summed E-state index contributed by atoms with van der Waals surface area (Å²) in [7, 11) is 0. The molecule has 33 heavy (non-hydrogen) atoms. The molecule has 2 fully saturated rings. The summed E-state index contributed by atoms with van der Waals surface area (Å²) in [4.78, 5) is 31.2. The van der Waals surface area contributed by atoms with Crippen LogP contribution in [0.2, 0.25) is 0 Å². The van der Waals surface area contributed by atoms with Gasteiger partial charge in [-0.05, 0) is 18.6 Å². The number of thiazole rings is 1. The predicted octanol–water partition coefficient (Wildman–Crippen LogP) is 1.39. The minimum Gasteiger partial charge on any atom is -0.391 e. The molecular weight excluding hydrogens is 444 g/mol. The Morgan fingerprint density at radius 2 is 2.09 bits per heavy atom. The van der Waals surface area contributed by atoms with E-state index in [1.807, 2.05) is 11.0 Å². The number of fused-ring (bicyclic) bond motifs is 2. The molecule has 0 saturated carbocycles. The average molecular weight is 467 g/mol. The Morgan fingerprint density at radius 1 is 1.21 bits per heavy atom. The Morgan fingerprint density at radius 3 is 2.91 bits per heavy atom. The van der Waals surface area contributed by atoms with Gasteiger partial charge in [-0.25, -0.2) is 14.5 Å². The van der Waals surface area contributed by atoms with E-state index in [9.17, 15) is 9.90 Å². The Labute approximate surface area is 192 Å². The van der Waals surface area contributed by atoms with Crippen molar-refractivity contribution < 1.29 is 14.6 Å². The number of nitrogens with one attached hydrogen (secondary N) is 1. The van der Waals surface area contributed by atoms with E-state index < -0.39 is 6.10 Å². The van der Waals surface area contributed by atoms with E-state index in [2.05, 4.69) is 20.3 Å². The number of pyridine rings is 1. The minimum atomic E-state index is -0.422. The quantitative estimate of drug-likeness (QED) is 0.460. The number of ether oxygens (including phenoxy) is 1. The van der Waals surface area contributed by atoms with Crippen LogP contribution in [0.25, 0.3) is 16.0 Å². The SMILES string of the molecule is O=C(Nc1cc2sc(N3CCOCC3)nc2nc1N1CC[C@@H](O)C1)c1cnn2cccnc12. The Kier molecular flexibility index (Phi) is 5.04. The molecule has 2 N–H and O–H groups in total. The van der Waals surface area contributed by atoms with Crippen LogP contribution in [-0.2, 0) is 4.74 Å². The molecule has 2 aliphatic heterocycles. The number of rotatable bonds is 4. The van der Waals surface area contributed by atoms with Crippen molar-refractivity contribution in [1.82, 2.24) is 24.6 Å². The van der Waals surface area contributed by atoms with Crippen LogP contribution in [0.3, 0.4) is 0 Å². The van der Waals surface area contributed by atoms with E-state index in [1.165, 1.54) is 6.20 Å². The number of hydrogen-bond donors (Lipinski definition) is 2. The lowest BCUT2D eigenvalue weighted by Crippen LogP contribution is -2.36. The zero-order valence-corrected chi connectivity index (χ0v) is 18.5. The second-order valence-electron chi connectivity index (χ2n) is 8.07.